The highest BCUT2D eigenvalue weighted by Crippen LogP contribution is 2.43. The van der Waals surface area contributed by atoms with E-state index >= 15 is 0 Å². The normalized spacial score (nSPS) is 13.8. The fraction of sp³-hybridized carbons (Fsp3) is 0.375. The number of benzene rings is 1. The van der Waals surface area contributed by atoms with Gasteiger partial charge in [-0.3, -0.25) is 9.36 Å². The first-order chi connectivity index (χ1) is 13.9. The lowest BCUT2D eigenvalue weighted by molar-refractivity contribution is -0.144. The number of alkyl halides is 9. The van der Waals surface area contributed by atoms with Gasteiger partial charge in [0.25, 0.3) is 5.56 Å². The summed E-state index contributed by atoms with van der Waals surface area (Å²) in [7, 11) is 0.741. The molecule has 0 aliphatic rings. The van der Waals surface area contributed by atoms with E-state index in [0.717, 1.165) is 7.05 Å². The number of hydrogen-bond donors (Lipinski definition) is 0. The molecule has 0 aliphatic heterocycles. The van der Waals surface area contributed by atoms with Gasteiger partial charge in [-0.2, -0.15) is 39.5 Å². The van der Waals surface area contributed by atoms with Crippen molar-refractivity contribution in [3.05, 3.63) is 55.0 Å². The van der Waals surface area contributed by atoms with E-state index in [9.17, 15) is 44.3 Å². The van der Waals surface area contributed by atoms with Gasteiger partial charge >= 0.3 is 18.5 Å². The Bertz CT molecular complexity index is 1140. The van der Waals surface area contributed by atoms with E-state index in [-0.39, 0.29) is 23.2 Å². The molecule has 0 amide bonds. The second kappa shape index (κ2) is 8.08. The van der Waals surface area contributed by atoms with Crippen LogP contribution in [0.4, 0.5) is 45.2 Å². The van der Waals surface area contributed by atoms with Crippen LogP contribution in [0.15, 0.2) is 21.9 Å². The maximum atomic E-state index is 13.3. The molecular formula is C16H10Cl2F9N3O. The van der Waals surface area contributed by atoms with E-state index in [1.54, 1.807) is 0 Å². The molecule has 0 bridgehead atoms. The summed E-state index contributed by atoms with van der Waals surface area (Å²) >= 11 is 11.1. The van der Waals surface area contributed by atoms with Crippen molar-refractivity contribution < 1.29 is 39.5 Å². The summed E-state index contributed by atoms with van der Waals surface area (Å²) in [5.41, 5.74) is -8.84. The van der Waals surface area contributed by atoms with Crippen LogP contribution in [0.1, 0.15) is 23.7 Å². The molecule has 0 fully saturated rings. The van der Waals surface area contributed by atoms with Crippen LogP contribution >= 0.6 is 23.2 Å². The maximum absolute atomic E-state index is 13.3. The fourth-order valence-corrected chi connectivity index (χ4v) is 3.24. The lowest BCUT2D eigenvalue weighted by Crippen LogP contribution is -2.43. The van der Waals surface area contributed by atoms with Crippen LogP contribution in [-0.2, 0) is 32.1 Å². The Labute approximate surface area is 177 Å². The lowest BCUT2D eigenvalue weighted by atomic mass is 10.1. The predicted molar refractivity (Wildman–Crippen MR) is 92.0 cm³/mol. The smallest absolute Gasteiger partial charge is 0.309 e. The molecule has 2 rings (SSSR count). The first-order valence-electron chi connectivity index (χ1n) is 8.00. The van der Waals surface area contributed by atoms with E-state index < -0.39 is 62.3 Å². The molecular weight excluding hydrogens is 492 g/mol. The quantitative estimate of drug-likeness (QED) is 0.479. The van der Waals surface area contributed by atoms with Crippen LogP contribution in [-0.4, -0.2) is 9.13 Å². The predicted octanol–water partition coefficient (Wildman–Crippen LogP) is 5.80. The largest absolute Gasteiger partial charge is 0.433 e. The van der Waals surface area contributed by atoms with E-state index in [1.807, 2.05) is 0 Å². The van der Waals surface area contributed by atoms with E-state index in [0.29, 0.717) is 4.57 Å². The summed E-state index contributed by atoms with van der Waals surface area (Å²) in [5, 5.41) is -2.54. The molecule has 4 nitrogen and oxygen atoms in total. The number of rotatable bonds is 2. The molecule has 0 unspecified atom stereocenters. The average molecular weight is 502 g/mol. The third-order valence-corrected chi connectivity index (χ3v) is 4.75. The van der Waals surface area contributed by atoms with Gasteiger partial charge in [0.15, 0.2) is 0 Å². The van der Waals surface area contributed by atoms with Crippen LogP contribution in [0.5, 0.6) is 0 Å². The Morgan fingerprint density at radius 3 is 1.87 bits per heavy atom. The molecule has 1 aromatic carbocycles. The van der Waals surface area contributed by atoms with Crippen molar-refractivity contribution in [2.75, 3.05) is 0 Å². The van der Waals surface area contributed by atoms with Gasteiger partial charge in [0.2, 0.25) is 5.62 Å². The molecule has 0 saturated heterocycles. The zero-order chi connectivity index (χ0) is 24.1. The molecule has 0 spiro atoms. The molecule has 15 heteroatoms. The van der Waals surface area contributed by atoms with Crippen LogP contribution in [0.25, 0.3) is 0 Å². The highest BCUT2D eigenvalue weighted by molar-refractivity contribution is 6.34. The van der Waals surface area contributed by atoms with Crippen molar-refractivity contribution >= 4 is 28.9 Å². The summed E-state index contributed by atoms with van der Waals surface area (Å²) < 4.78 is 120. The van der Waals surface area contributed by atoms with E-state index in [2.05, 4.69) is 4.99 Å². The monoisotopic (exact) mass is 501 g/mol. The minimum Gasteiger partial charge on any atom is -0.309 e. The Morgan fingerprint density at radius 2 is 1.45 bits per heavy atom. The standard InChI is InChI=1S/C16H10Cl2F9N3O/c1-3-30-12(31)10(18)11(16(25,26)27)29(2)13(30)28-8-5-6(14(19,20)21)4-7(9(8)17)15(22,23)24/h4-5H,3H2,1-2H3. The SMILES string of the molecule is CCn1c(=O)c(Cl)c(C(F)(F)F)n(C)c1=Nc1cc(C(F)(F)F)cc(C(F)(F)F)c1Cl. The van der Waals surface area contributed by atoms with Crippen molar-refractivity contribution in [2.24, 2.45) is 12.0 Å². The summed E-state index contributed by atoms with van der Waals surface area (Å²) in [6.07, 6.45) is -15.8. The summed E-state index contributed by atoms with van der Waals surface area (Å²) in [4.78, 5) is 15.7. The second-order valence-corrected chi connectivity index (χ2v) is 6.79. The number of nitrogens with zero attached hydrogens (tertiary/aromatic N) is 3. The van der Waals surface area contributed by atoms with Gasteiger partial charge in [-0.05, 0) is 19.1 Å². The van der Waals surface area contributed by atoms with Crippen LogP contribution in [0.2, 0.25) is 10.0 Å². The second-order valence-electron chi connectivity index (χ2n) is 6.03. The van der Waals surface area contributed by atoms with Crippen molar-refractivity contribution in [1.82, 2.24) is 9.13 Å². The van der Waals surface area contributed by atoms with Crippen molar-refractivity contribution in [2.45, 2.75) is 32.0 Å². The lowest BCUT2D eigenvalue weighted by Gasteiger charge is -2.18. The van der Waals surface area contributed by atoms with Crippen molar-refractivity contribution in [3.63, 3.8) is 0 Å². The number of hydrogen-bond acceptors (Lipinski definition) is 2. The first-order valence-corrected chi connectivity index (χ1v) is 8.76. The fourth-order valence-electron chi connectivity index (χ4n) is 2.64. The molecule has 0 radical (unpaired) electrons. The Kier molecular flexibility index (Phi) is 6.55. The van der Waals surface area contributed by atoms with Crippen LogP contribution < -0.4 is 11.2 Å². The topological polar surface area (TPSA) is 39.3 Å². The molecule has 0 N–H and O–H groups in total. The third kappa shape index (κ3) is 4.86. The van der Waals surface area contributed by atoms with Gasteiger partial charge < -0.3 is 4.57 Å². The van der Waals surface area contributed by atoms with Crippen molar-refractivity contribution in [1.29, 1.82) is 0 Å². The zero-order valence-electron chi connectivity index (χ0n) is 15.3. The van der Waals surface area contributed by atoms with Gasteiger partial charge in [-0.25, -0.2) is 4.99 Å². The molecule has 0 aliphatic carbocycles. The van der Waals surface area contributed by atoms with E-state index in [4.69, 9.17) is 23.2 Å². The van der Waals surface area contributed by atoms with Gasteiger partial charge in [-0.15, -0.1) is 0 Å². The molecule has 1 aromatic heterocycles. The molecule has 31 heavy (non-hydrogen) atoms. The van der Waals surface area contributed by atoms with Gasteiger partial charge in [0.05, 0.1) is 21.8 Å². The Morgan fingerprint density at radius 1 is 0.903 bits per heavy atom. The maximum Gasteiger partial charge on any atom is 0.433 e. The van der Waals surface area contributed by atoms with Gasteiger partial charge in [0.1, 0.15) is 10.7 Å². The third-order valence-electron chi connectivity index (χ3n) is 4.01. The highest BCUT2D eigenvalue weighted by Gasteiger charge is 2.40. The highest BCUT2D eigenvalue weighted by atomic mass is 35.5. The van der Waals surface area contributed by atoms with Crippen molar-refractivity contribution in [3.8, 4) is 0 Å². The number of aromatic nitrogens is 2. The van der Waals surface area contributed by atoms with Crippen LogP contribution in [0, 0.1) is 0 Å². The average Bonchev–Trinajstić information content (AvgIpc) is 2.58. The first kappa shape index (κ1) is 25.1. The zero-order valence-corrected chi connectivity index (χ0v) is 16.8. The minimum absolute atomic E-state index is 0.129. The van der Waals surface area contributed by atoms with Crippen LogP contribution in [0.3, 0.4) is 0 Å². The summed E-state index contributed by atoms with van der Waals surface area (Å²) in [5.74, 6) is 0. The summed E-state index contributed by atoms with van der Waals surface area (Å²) in [6, 6.07) is -0.124. The Balaban J connectivity index is 3.09. The molecule has 0 atom stereocenters. The minimum atomic E-state index is -5.33. The number of halogens is 11. The molecule has 172 valence electrons. The molecule has 1 heterocycles. The molecule has 0 saturated carbocycles. The summed E-state index contributed by atoms with van der Waals surface area (Å²) in [6.45, 7) is 0.922. The van der Waals surface area contributed by atoms with Gasteiger partial charge in [0, 0.05) is 13.6 Å². The molecule has 2 aromatic rings. The Hall–Kier alpha value is -2.15. The van der Waals surface area contributed by atoms with Gasteiger partial charge in [-0.1, -0.05) is 23.2 Å². The van der Waals surface area contributed by atoms with E-state index in [1.165, 1.54) is 6.92 Å².